The van der Waals surface area contributed by atoms with Crippen LogP contribution in [0.2, 0.25) is 0 Å². The molecule has 0 aromatic heterocycles. The van der Waals surface area contributed by atoms with Crippen molar-refractivity contribution in [1.29, 1.82) is 0 Å². The van der Waals surface area contributed by atoms with Crippen molar-refractivity contribution in [3.05, 3.63) is 46.9 Å². The Morgan fingerprint density at radius 2 is 2.08 bits per heavy atom. The predicted octanol–water partition coefficient (Wildman–Crippen LogP) is 2.02. The number of rotatable bonds is 2. The standard InChI is InChI=1S/C13H16/c1-4-7-13-9-8-11(5-2)10-12(13)6-3/h4,6-10H,1,5H2,2-3H3/b12-6-,13-7-. The van der Waals surface area contributed by atoms with Crippen LogP contribution in [0.15, 0.2) is 30.9 Å². The molecule has 0 bridgehead atoms. The third-order valence-electron chi connectivity index (χ3n) is 2.17. The van der Waals surface area contributed by atoms with E-state index in [2.05, 4.69) is 44.7 Å². The number of hydrogen-bond donors (Lipinski definition) is 0. The second-order valence-electron chi connectivity index (χ2n) is 3.01. The van der Waals surface area contributed by atoms with Gasteiger partial charge in [0.2, 0.25) is 0 Å². The van der Waals surface area contributed by atoms with Crippen LogP contribution in [0, 0.1) is 0 Å². The van der Waals surface area contributed by atoms with Crippen molar-refractivity contribution in [2.24, 2.45) is 0 Å². The summed E-state index contributed by atoms with van der Waals surface area (Å²) < 4.78 is 0. The van der Waals surface area contributed by atoms with Crippen molar-refractivity contribution in [3.8, 4) is 0 Å². The van der Waals surface area contributed by atoms with Crippen molar-refractivity contribution >= 4 is 12.2 Å². The molecule has 13 heavy (non-hydrogen) atoms. The molecular formula is C13H16. The fraction of sp³-hybridized carbons (Fsp3) is 0.231. The highest BCUT2D eigenvalue weighted by Crippen LogP contribution is 1.92. The van der Waals surface area contributed by atoms with Crippen LogP contribution >= 0.6 is 0 Å². The van der Waals surface area contributed by atoms with Crippen molar-refractivity contribution in [1.82, 2.24) is 0 Å². The molecule has 1 aromatic rings. The first-order valence-electron chi connectivity index (χ1n) is 4.69. The topological polar surface area (TPSA) is 0 Å². The Bertz CT molecular complexity index is 397. The molecule has 1 rings (SSSR count). The molecule has 1 aromatic carbocycles. The highest BCUT2D eigenvalue weighted by Gasteiger charge is 1.88. The van der Waals surface area contributed by atoms with Crippen molar-refractivity contribution < 1.29 is 0 Å². The first-order valence-corrected chi connectivity index (χ1v) is 4.69. The molecule has 0 heterocycles. The van der Waals surface area contributed by atoms with Crippen LogP contribution in [-0.4, -0.2) is 0 Å². The minimum atomic E-state index is 1.09. The fourth-order valence-corrected chi connectivity index (χ4v) is 1.37. The van der Waals surface area contributed by atoms with E-state index in [1.165, 1.54) is 16.0 Å². The van der Waals surface area contributed by atoms with Gasteiger partial charge in [-0.05, 0) is 29.3 Å². The van der Waals surface area contributed by atoms with Gasteiger partial charge >= 0.3 is 0 Å². The molecule has 0 saturated heterocycles. The molecule has 68 valence electrons. The lowest BCUT2D eigenvalue weighted by atomic mass is 10.1. The summed E-state index contributed by atoms with van der Waals surface area (Å²) in [6.45, 7) is 7.94. The summed E-state index contributed by atoms with van der Waals surface area (Å²) in [5.41, 5.74) is 1.38. The van der Waals surface area contributed by atoms with Gasteiger partial charge in [0.1, 0.15) is 0 Å². The zero-order valence-corrected chi connectivity index (χ0v) is 8.38. The van der Waals surface area contributed by atoms with E-state index < -0.39 is 0 Å². The average molecular weight is 172 g/mol. The maximum Gasteiger partial charge on any atom is -0.0187 e. The summed E-state index contributed by atoms with van der Waals surface area (Å²) in [7, 11) is 0. The predicted molar refractivity (Wildman–Crippen MR) is 59.9 cm³/mol. The molecule has 0 aliphatic heterocycles. The second-order valence-corrected chi connectivity index (χ2v) is 3.01. The molecule has 0 atom stereocenters. The summed E-state index contributed by atoms with van der Waals surface area (Å²) in [4.78, 5) is 0. The van der Waals surface area contributed by atoms with Crippen LogP contribution in [0.3, 0.4) is 0 Å². The Hall–Kier alpha value is -1.30. The maximum atomic E-state index is 3.70. The van der Waals surface area contributed by atoms with E-state index in [-0.39, 0.29) is 0 Å². The quantitative estimate of drug-likeness (QED) is 0.640. The van der Waals surface area contributed by atoms with Gasteiger partial charge in [-0.25, -0.2) is 0 Å². The van der Waals surface area contributed by atoms with Gasteiger partial charge in [-0.1, -0.05) is 49.9 Å². The molecule has 0 N–H and O–H groups in total. The van der Waals surface area contributed by atoms with Gasteiger partial charge in [0.25, 0.3) is 0 Å². The number of benzene rings is 1. The average Bonchev–Trinajstić information content (AvgIpc) is 2.19. The lowest BCUT2D eigenvalue weighted by Gasteiger charge is -1.95. The smallest absolute Gasteiger partial charge is 0.0187 e. The minimum Gasteiger partial charge on any atom is -0.0990 e. The van der Waals surface area contributed by atoms with Crippen molar-refractivity contribution in [2.45, 2.75) is 20.3 Å². The minimum absolute atomic E-state index is 1.09. The van der Waals surface area contributed by atoms with E-state index in [9.17, 15) is 0 Å². The fourth-order valence-electron chi connectivity index (χ4n) is 1.37. The molecule has 0 radical (unpaired) electrons. The maximum absolute atomic E-state index is 3.70. The zero-order chi connectivity index (χ0) is 9.68. The summed E-state index contributed by atoms with van der Waals surface area (Å²) in [6.07, 6.45) is 7.09. The van der Waals surface area contributed by atoms with Crippen LogP contribution in [0.25, 0.3) is 12.2 Å². The first-order chi connectivity index (χ1) is 6.31. The number of aryl methyl sites for hydroxylation is 1. The monoisotopic (exact) mass is 172 g/mol. The molecular weight excluding hydrogens is 156 g/mol. The summed E-state index contributed by atoms with van der Waals surface area (Å²) >= 11 is 0. The van der Waals surface area contributed by atoms with Gasteiger partial charge in [0.15, 0.2) is 0 Å². The largest absolute Gasteiger partial charge is 0.0990 e. The van der Waals surface area contributed by atoms with E-state index in [4.69, 9.17) is 0 Å². The van der Waals surface area contributed by atoms with Gasteiger partial charge in [-0.3, -0.25) is 0 Å². The van der Waals surface area contributed by atoms with Crippen molar-refractivity contribution in [3.63, 3.8) is 0 Å². The Labute approximate surface area is 79.9 Å². The molecule has 0 aliphatic rings. The van der Waals surface area contributed by atoms with Crippen LogP contribution in [0.4, 0.5) is 0 Å². The molecule has 0 unspecified atom stereocenters. The molecule has 0 saturated carbocycles. The normalized spacial score (nSPS) is 13.4. The van der Waals surface area contributed by atoms with Crippen LogP contribution in [0.1, 0.15) is 19.4 Å². The van der Waals surface area contributed by atoms with Gasteiger partial charge < -0.3 is 0 Å². The first kappa shape index (κ1) is 9.79. The van der Waals surface area contributed by atoms with Crippen molar-refractivity contribution in [2.75, 3.05) is 0 Å². The molecule has 0 heteroatoms. The Morgan fingerprint density at radius 1 is 1.31 bits per heavy atom. The van der Waals surface area contributed by atoms with E-state index in [1.54, 1.807) is 0 Å². The van der Waals surface area contributed by atoms with E-state index in [1.807, 2.05) is 12.2 Å². The Kier molecular flexibility index (Phi) is 3.51. The van der Waals surface area contributed by atoms with Gasteiger partial charge in [-0.15, -0.1) is 0 Å². The van der Waals surface area contributed by atoms with Crippen LogP contribution < -0.4 is 10.4 Å². The van der Waals surface area contributed by atoms with Gasteiger partial charge in [-0.2, -0.15) is 0 Å². The summed E-state index contributed by atoms with van der Waals surface area (Å²) in [5.74, 6) is 0. The zero-order valence-electron chi connectivity index (χ0n) is 8.38. The molecule has 0 spiro atoms. The number of allylic oxidation sites excluding steroid dienone is 1. The van der Waals surface area contributed by atoms with Gasteiger partial charge in [0, 0.05) is 0 Å². The lowest BCUT2D eigenvalue weighted by molar-refractivity contribution is 1.13. The third kappa shape index (κ3) is 2.32. The molecule has 0 fully saturated rings. The highest BCUT2D eigenvalue weighted by atomic mass is 13.9. The van der Waals surface area contributed by atoms with E-state index in [0.29, 0.717) is 0 Å². The van der Waals surface area contributed by atoms with E-state index in [0.717, 1.165) is 6.42 Å². The Balaban J connectivity index is 3.42. The van der Waals surface area contributed by atoms with Crippen LogP contribution in [0.5, 0.6) is 0 Å². The van der Waals surface area contributed by atoms with E-state index >= 15 is 0 Å². The third-order valence-corrected chi connectivity index (χ3v) is 2.17. The highest BCUT2D eigenvalue weighted by molar-refractivity contribution is 5.39. The lowest BCUT2D eigenvalue weighted by Crippen LogP contribution is -2.23. The van der Waals surface area contributed by atoms with Gasteiger partial charge in [0.05, 0.1) is 0 Å². The SMILES string of the molecule is C=C/C=c1/ccc(CC)c/c1=C/C. The van der Waals surface area contributed by atoms with Crippen LogP contribution in [-0.2, 0) is 6.42 Å². The molecule has 0 nitrogen and oxygen atoms in total. The second kappa shape index (κ2) is 4.66. The number of hydrogen-bond acceptors (Lipinski definition) is 0. The Morgan fingerprint density at radius 3 is 2.62 bits per heavy atom. The summed E-state index contributed by atoms with van der Waals surface area (Å²) in [6, 6.07) is 6.55. The molecule has 0 aliphatic carbocycles. The molecule has 0 amide bonds. The summed E-state index contributed by atoms with van der Waals surface area (Å²) in [5, 5.41) is 2.54.